The number of fused-ring (bicyclic) bond motifs is 1. The van der Waals surface area contributed by atoms with Crippen LogP contribution in [0.2, 0.25) is 0 Å². The average Bonchev–Trinajstić information content (AvgIpc) is 3.71. The van der Waals surface area contributed by atoms with Crippen LogP contribution >= 0.6 is 0 Å². The smallest absolute Gasteiger partial charge is 0.341 e. The highest BCUT2D eigenvalue weighted by Gasteiger charge is 2.87. The van der Waals surface area contributed by atoms with Crippen molar-refractivity contribution in [2.75, 3.05) is 6.61 Å². The van der Waals surface area contributed by atoms with Gasteiger partial charge < -0.3 is 37.9 Å². The molecule has 3 aliphatic rings. The van der Waals surface area contributed by atoms with Crippen LogP contribution in [-0.4, -0.2) is 82.8 Å². The molecule has 1 aromatic heterocycles. The van der Waals surface area contributed by atoms with Crippen LogP contribution in [0.25, 0.3) is 0 Å². The van der Waals surface area contributed by atoms with Gasteiger partial charge >= 0.3 is 29.8 Å². The maximum Gasteiger partial charge on any atom is 0.341 e. The summed E-state index contributed by atoms with van der Waals surface area (Å²) in [6, 6.07) is 9.53. The molecule has 2 aliphatic carbocycles. The maximum absolute atomic E-state index is 14.0. The lowest BCUT2D eigenvalue weighted by atomic mass is 9.46. The van der Waals surface area contributed by atoms with E-state index in [0.717, 1.165) is 0 Å². The zero-order valence-electron chi connectivity index (χ0n) is 31.0. The van der Waals surface area contributed by atoms with Crippen molar-refractivity contribution < 1.29 is 61.9 Å². The van der Waals surface area contributed by atoms with Crippen LogP contribution in [0.4, 0.5) is 0 Å². The predicted octanol–water partition coefficient (Wildman–Crippen LogP) is 5.22. The number of hydrogen-bond acceptors (Lipinski definition) is 13. The number of rotatable bonds is 12. The van der Waals surface area contributed by atoms with Crippen molar-refractivity contribution in [2.45, 2.75) is 122 Å². The van der Waals surface area contributed by atoms with Gasteiger partial charge in [0.1, 0.15) is 36.6 Å². The predicted molar refractivity (Wildman–Crippen MR) is 183 cm³/mol. The van der Waals surface area contributed by atoms with Crippen molar-refractivity contribution in [3.05, 3.63) is 60.1 Å². The molecule has 1 aromatic carbocycles. The summed E-state index contributed by atoms with van der Waals surface area (Å²) < 4.78 is 43.5. The summed E-state index contributed by atoms with van der Waals surface area (Å²) in [5.74, 6) is -5.89. The van der Waals surface area contributed by atoms with Crippen LogP contribution in [0.15, 0.2) is 53.3 Å². The van der Waals surface area contributed by atoms with Gasteiger partial charge in [-0.15, -0.1) is 0 Å². The summed E-state index contributed by atoms with van der Waals surface area (Å²) in [6.45, 7) is 12.5. The second kappa shape index (κ2) is 14.7. The Morgan fingerprint density at radius 2 is 1.46 bits per heavy atom. The third-order valence-electron chi connectivity index (χ3n) is 11.4. The van der Waals surface area contributed by atoms with E-state index in [4.69, 9.17) is 32.8 Å². The lowest BCUT2D eigenvalue weighted by molar-refractivity contribution is -0.349. The first-order valence-electron chi connectivity index (χ1n) is 17.9. The normalized spacial score (nSPS) is 32.8. The number of esters is 5. The van der Waals surface area contributed by atoms with Crippen LogP contribution in [0.1, 0.15) is 102 Å². The average molecular weight is 727 g/mol. The number of furan rings is 1. The number of aliphatic hydroxyl groups is 1. The molecule has 2 bridgehead atoms. The lowest BCUT2D eigenvalue weighted by Gasteiger charge is -2.65. The van der Waals surface area contributed by atoms with E-state index >= 15 is 0 Å². The molecule has 2 heterocycles. The molecule has 0 unspecified atom stereocenters. The van der Waals surface area contributed by atoms with Crippen molar-refractivity contribution in [1.82, 2.24) is 0 Å². The first-order chi connectivity index (χ1) is 24.5. The van der Waals surface area contributed by atoms with Gasteiger partial charge in [-0.2, -0.15) is 0 Å². The van der Waals surface area contributed by atoms with Gasteiger partial charge in [-0.3, -0.25) is 14.4 Å². The van der Waals surface area contributed by atoms with Gasteiger partial charge in [-0.1, -0.05) is 45.9 Å². The Kier molecular flexibility index (Phi) is 11.0. The molecule has 13 heteroatoms. The fraction of sp³-hybridized carbons (Fsp3) is 0.615. The van der Waals surface area contributed by atoms with Crippen LogP contribution in [0, 0.1) is 23.2 Å². The van der Waals surface area contributed by atoms with Crippen LogP contribution in [0.3, 0.4) is 0 Å². The van der Waals surface area contributed by atoms with Gasteiger partial charge in [0, 0.05) is 6.92 Å². The summed E-state index contributed by atoms with van der Waals surface area (Å²) in [6.07, 6.45) is -2.49. The molecule has 2 aromatic rings. The first kappa shape index (κ1) is 39.0. The first-order valence-corrected chi connectivity index (χ1v) is 17.9. The molecule has 1 saturated heterocycles. The Hall–Kier alpha value is -4.23. The molecule has 284 valence electrons. The Morgan fingerprint density at radius 3 is 2.04 bits per heavy atom. The van der Waals surface area contributed by atoms with E-state index in [1.54, 1.807) is 58.0 Å². The van der Waals surface area contributed by atoms with Gasteiger partial charge in [-0.05, 0) is 64.7 Å². The molecule has 10 atom stereocenters. The third kappa shape index (κ3) is 6.50. The summed E-state index contributed by atoms with van der Waals surface area (Å²) in [5.41, 5.74) is -7.18. The Labute approximate surface area is 303 Å². The highest BCUT2D eigenvalue weighted by molar-refractivity contribution is 5.90. The molecule has 0 amide bonds. The fourth-order valence-corrected chi connectivity index (χ4v) is 8.27. The largest absolute Gasteiger partial charge is 0.472 e. The second-order valence-corrected chi connectivity index (χ2v) is 15.1. The van der Waals surface area contributed by atoms with Crippen LogP contribution in [-0.2, 0) is 42.8 Å². The monoisotopic (exact) mass is 726 g/mol. The summed E-state index contributed by atoms with van der Waals surface area (Å²) >= 11 is 0. The summed E-state index contributed by atoms with van der Waals surface area (Å²) in [7, 11) is 0. The van der Waals surface area contributed by atoms with E-state index in [9.17, 15) is 29.1 Å². The SMILES string of the molecule is CC[C@@H](C)C(=O)O[C@@H]1CC[C@@](C)(O)[C@@]23OC(C)(C)[C@@H]([C@@H](OC(=O)c4ccccc4)[C@@H](OC(=O)c4ccoc4)[C@@]12COC(C)=O)[C@@H]3OC(=O)[C@H](C)CC. The Morgan fingerprint density at radius 1 is 0.846 bits per heavy atom. The van der Waals surface area contributed by atoms with E-state index < -0.39 is 101 Å². The third-order valence-corrected chi connectivity index (χ3v) is 11.4. The highest BCUT2D eigenvalue weighted by atomic mass is 16.6. The van der Waals surface area contributed by atoms with Gasteiger partial charge in [0.15, 0.2) is 11.7 Å². The van der Waals surface area contributed by atoms with Crippen molar-refractivity contribution in [3.63, 3.8) is 0 Å². The molecular weight excluding hydrogens is 676 g/mol. The van der Waals surface area contributed by atoms with Crippen LogP contribution in [0.5, 0.6) is 0 Å². The van der Waals surface area contributed by atoms with Gasteiger partial charge in [-0.25, -0.2) is 9.59 Å². The standard InChI is InChI=1S/C39H50O13/c1-9-22(3)32(41)48-27-16-18-37(8,45)39-30(50-33(42)23(4)10-2)28(36(6,7)52-39)29(49-34(43)25-14-12-11-13-15-25)31(38(27,39)21-47-24(5)40)51-35(44)26-17-19-46-20-26/h11-15,17,19-20,22-23,27-31,45H,9-10,16,18,21H2,1-8H3/t22-,23-,27-,28+,29-,30+,31-,37-,38-,39-/m1/s1. The van der Waals surface area contributed by atoms with Crippen molar-refractivity contribution in [3.8, 4) is 0 Å². The molecule has 2 saturated carbocycles. The highest BCUT2D eigenvalue weighted by Crippen LogP contribution is 2.69. The zero-order valence-corrected chi connectivity index (χ0v) is 31.0. The molecule has 1 N–H and O–H groups in total. The number of benzene rings is 1. The molecule has 5 rings (SSSR count). The zero-order chi connectivity index (χ0) is 38.2. The topological polar surface area (TPSA) is 174 Å². The Bertz CT molecular complexity index is 1630. The molecule has 0 radical (unpaired) electrons. The number of carbonyl (C=O) groups excluding carboxylic acids is 5. The maximum atomic E-state index is 14.0. The number of carbonyl (C=O) groups is 5. The fourth-order valence-electron chi connectivity index (χ4n) is 8.27. The van der Waals surface area contributed by atoms with Gasteiger partial charge in [0.05, 0.1) is 46.3 Å². The lowest BCUT2D eigenvalue weighted by Crippen LogP contribution is -2.83. The minimum Gasteiger partial charge on any atom is -0.472 e. The summed E-state index contributed by atoms with van der Waals surface area (Å²) in [5, 5.41) is 12.7. The Balaban J connectivity index is 1.86. The van der Waals surface area contributed by atoms with Gasteiger partial charge in [0.2, 0.25) is 0 Å². The molecule has 3 fully saturated rings. The second-order valence-electron chi connectivity index (χ2n) is 15.1. The van der Waals surface area contributed by atoms with Crippen molar-refractivity contribution in [2.24, 2.45) is 23.2 Å². The number of hydrogen-bond donors (Lipinski definition) is 1. The number of ether oxygens (including phenoxy) is 6. The molecule has 1 aliphatic heterocycles. The van der Waals surface area contributed by atoms with E-state index in [-0.39, 0.29) is 24.0 Å². The van der Waals surface area contributed by atoms with E-state index in [1.807, 2.05) is 13.8 Å². The van der Waals surface area contributed by atoms with E-state index in [2.05, 4.69) is 0 Å². The molecule has 1 spiro atoms. The molecule has 52 heavy (non-hydrogen) atoms. The van der Waals surface area contributed by atoms with Crippen LogP contribution < -0.4 is 0 Å². The molecular formula is C39H50O13. The minimum atomic E-state index is -2.07. The van der Waals surface area contributed by atoms with Gasteiger partial charge in [0.25, 0.3) is 0 Å². The summed E-state index contributed by atoms with van der Waals surface area (Å²) in [4.78, 5) is 68.4. The van der Waals surface area contributed by atoms with Crippen molar-refractivity contribution in [1.29, 1.82) is 0 Å². The van der Waals surface area contributed by atoms with E-state index in [0.29, 0.717) is 12.8 Å². The van der Waals surface area contributed by atoms with Crippen molar-refractivity contribution >= 4 is 29.8 Å². The van der Waals surface area contributed by atoms with E-state index in [1.165, 1.54) is 32.4 Å². The molecule has 13 nitrogen and oxygen atoms in total. The quantitative estimate of drug-likeness (QED) is 0.223. The minimum absolute atomic E-state index is 0.0124.